The normalized spacial score (nSPS) is 13.0. The first-order valence-electron chi connectivity index (χ1n) is 5.80. The molecule has 1 unspecified atom stereocenters. The maximum absolute atomic E-state index is 11.8. The van der Waals surface area contributed by atoms with Crippen LogP contribution in [0.15, 0.2) is 35.9 Å². The van der Waals surface area contributed by atoms with Crippen molar-refractivity contribution in [3.05, 3.63) is 40.9 Å². The molecule has 98 valence electrons. The molecule has 1 rings (SSSR count). The Labute approximate surface area is 112 Å². The molecule has 0 saturated heterocycles. The number of carbonyl (C=O) groups excluding carboxylic acids is 1. The summed E-state index contributed by atoms with van der Waals surface area (Å²) in [5.41, 5.74) is 0.799. The van der Waals surface area contributed by atoms with Crippen molar-refractivity contribution >= 4 is 17.6 Å². The molecule has 0 heterocycles. The fourth-order valence-corrected chi connectivity index (χ4v) is 1.55. The van der Waals surface area contributed by atoms with Crippen LogP contribution < -0.4 is 4.74 Å². The van der Waals surface area contributed by atoms with E-state index in [-0.39, 0.29) is 0 Å². The summed E-state index contributed by atoms with van der Waals surface area (Å²) in [5, 5.41) is 0.563. The number of rotatable bonds is 5. The molecule has 0 fully saturated rings. The summed E-state index contributed by atoms with van der Waals surface area (Å²) < 4.78 is 10.6. The maximum Gasteiger partial charge on any atom is 0.351 e. The summed E-state index contributed by atoms with van der Waals surface area (Å²) in [5.74, 6) is 0.148. The molecule has 0 bridgehead atoms. The molecule has 0 amide bonds. The maximum atomic E-state index is 11.8. The molecular formula is C14H17ClO3. The summed E-state index contributed by atoms with van der Waals surface area (Å²) >= 11 is 5.87. The van der Waals surface area contributed by atoms with E-state index in [1.165, 1.54) is 0 Å². The van der Waals surface area contributed by atoms with E-state index in [0.29, 0.717) is 17.4 Å². The summed E-state index contributed by atoms with van der Waals surface area (Å²) in [6, 6.07) is 6.93. The molecule has 0 aliphatic carbocycles. The number of hydrogen-bond donors (Lipinski definition) is 0. The van der Waals surface area contributed by atoms with E-state index in [1.54, 1.807) is 31.2 Å². The van der Waals surface area contributed by atoms with E-state index in [9.17, 15) is 4.79 Å². The summed E-state index contributed by atoms with van der Waals surface area (Å²) in [6.07, 6.45) is 1.10. The highest BCUT2D eigenvalue weighted by atomic mass is 35.5. The highest BCUT2D eigenvalue weighted by molar-refractivity contribution is 6.30. The lowest BCUT2D eigenvalue weighted by molar-refractivity contribution is -0.149. The average molecular weight is 269 g/mol. The Morgan fingerprint density at radius 1 is 1.50 bits per heavy atom. The van der Waals surface area contributed by atoms with Crippen LogP contribution in [-0.2, 0) is 9.53 Å². The zero-order chi connectivity index (χ0) is 13.5. The van der Waals surface area contributed by atoms with Gasteiger partial charge < -0.3 is 9.47 Å². The third kappa shape index (κ3) is 4.08. The van der Waals surface area contributed by atoms with Gasteiger partial charge in [-0.05, 0) is 44.5 Å². The molecule has 1 atom stereocenters. The van der Waals surface area contributed by atoms with Gasteiger partial charge in [0.1, 0.15) is 5.75 Å². The van der Waals surface area contributed by atoms with E-state index in [2.05, 4.69) is 0 Å². The van der Waals surface area contributed by atoms with Crippen LogP contribution in [0.4, 0.5) is 0 Å². The number of allylic oxidation sites excluding steroid dienone is 1. The first kappa shape index (κ1) is 14.6. The van der Waals surface area contributed by atoms with E-state index >= 15 is 0 Å². The van der Waals surface area contributed by atoms with Crippen LogP contribution in [0.3, 0.4) is 0 Å². The Balaban J connectivity index is 2.88. The minimum atomic E-state index is -0.728. The number of hydrogen-bond acceptors (Lipinski definition) is 3. The Hall–Kier alpha value is -1.48. The number of carbonyl (C=O) groups is 1. The van der Waals surface area contributed by atoms with Crippen molar-refractivity contribution in [2.45, 2.75) is 26.9 Å². The Bertz CT molecular complexity index is 440. The van der Waals surface area contributed by atoms with E-state index in [0.717, 1.165) is 5.57 Å². The van der Waals surface area contributed by atoms with Crippen LogP contribution >= 0.6 is 11.6 Å². The average Bonchev–Trinajstić information content (AvgIpc) is 2.35. The molecule has 1 aromatic rings. The predicted molar refractivity (Wildman–Crippen MR) is 71.9 cm³/mol. The Morgan fingerprint density at radius 2 is 2.22 bits per heavy atom. The van der Waals surface area contributed by atoms with Crippen LogP contribution in [-0.4, -0.2) is 18.7 Å². The standard InChI is InChI=1S/C14H17ClO3/c1-4-10(3)13(14(16)17-5-2)18-12-8-6-7-11(15)9-12/h4,6-9,13H,5H2,1-3H3. The van der Waals surface area contributed by atoms with Crippen LogP contribution in [0, 0.1) is 0 Å². The second-order valence-corrected chi connectivity index (χ2v) is 4.18. The van der Waals surface area contributed by atoms with Gasteiger partial charge in [-0.25, -0.2) is 4.79 Å². The van der Waals surface area contributed by atoms with Crippen LogP contribution in [0.25, 0.3) is 0 Å². The summed E-state index contributed by atoms with van der Waals surface area (Å²) in [7, 11) is 0. The molecule has 0 aromatic heterocycles. The Morgan fingerprint density at radius 3 is 2.78 bits per heavy atom. The molecular weight excluding hydrogens is 252 g/mol. The third-order valence-electron chi connectivity index (χ3n) is 2.42. The Kier molecular flexibility index (Phi) is 5.72. The van der Waals surface area contributed by atoms with Crippen LogP contribution in [0.5, 0.6) is 5.75 Å². The van der Waals surface area contributed by atoms with Gasteiger partial charge in [-0.2, -0.15) is 0 Å². The van der Waals surface area contributed by atoms with E-state index in [1.807, 2.05) is 19.9 Å². The van der Waals surface area contributed by atoms with Crippen molar-refractivity contribution < 1.29 is 14.3 Å². The number of halogens is 1. The second-order valence-electron chi connectivity index (χ2n) is 3.74. The molecule has 0 spiro atoms. The quantitative estimate of drug-likeness (QED) is 0.604. The lowest BCUT2D eigenvalue weighted by Gasteiger charge is -2.18. The first-order valence-corrected chi connectivity index (χ1v) is 6.18. The van der Waals surface area contributed by atoms with Gasteiger partial charge in [0.05, 0.1) is 6.61 Å². The molecule has 0 aliphatic heterocycles. The molecule has 4 heteroatoms. The lowest BCUT2D eigenvalue weighted by atomic mass is 10.1. The minimum Gasteiger partial charge on any atom is -0.474 e. The van der Waals surface area contributed by atoms with Gasteiger partial charge in [0.2, 0.25) is 6.10 Å². The lowest BCUT2D eigenvalue weighted by Crippen LogP contribution is -2.30. The fourth-order valence-electron chi connectivity index (χ4n) is 1.37. The van der Waals surface area contributed by atoms with Crippen molar-refractivity contribution in [2.24, 2.45) is 0 Å². The molecule has 0 aliphatic rings. The van der Waals surface area contributed by atoms with Crippen molar-refractivity contribution in [3.8, 4) is 5.75 Å². The van der Waals surface area contributed by atoms with Crippen molar-refractivity contribution in [3.63, 3.8) is 0 Å². The fraction of sp³-hybridized carbons (Fsp3) is 0.357. The molecule has 18 heavy (non-hydrogen) atoms. The van der Waals surface area contributed by atoms with Gasteiger partial charge in [0, 0.05) is 5.02 Å². The van der Waals surface area contributed by atoms with Gasteiger partial charge in [0.15, 0.2) is 0 Å². The van der Waals surface area contributed by atoms with E-state index < -0.39 is 12.1 Å². The number of esters is 1. The zero-order valence-electron chi connectivity index (χ0n) is 10.8. The zero-order valence-corrected chi connectivity index (χ0v) is 11.5. The van der Waals surface area contributed by atoms with Gasteiger partial charge >= 0.3 is 5.97 Å². The smallest absolute Gasteiger partial charge is 0.351 e. The largest absolute Gasteiger partial charge is 0.474 e. The topological polar surface area (TPSA) is 35.5 Å². The first-order chi connectivity index (χ1) is 8.58. The van der Waals surface area contributed by atoms with Crippen molar-refractivity contribution in [2.75, 3.05) is 6.61 Å². The van der Waals surface area contributed by atoms with Crippen LogP contribution in [0.2, 0.25) is 5.02 Å². The van der Waals surface area contributed by atoms with Gasteiger partial charge in [0.25, 0.3) is 0 Å². The van der Waals surface area contributed by atoms with Gasteiger partial charge in [-0.3, -0.25) is 0 Å². The minimum absolute atomic E-state index is 0.325. The van der Waals surface area contributed by atoms with Gasteiger partial charge in [-0.1, -0.05) is 23.7 Å². The van der Waals surface area contributed by atoms with Gasteiger partial charge in [-0.15, -0.1) is 0 Å². The monoisotopic (exact) mass is 268 g/mol. The summed E-state index contributed by atoms with van der Waals surface area (Å²) in [6.45, 7) is 5.76. The molecule has 0 saturated carbocycles. The van der Waals surface area contributed by atoms with Crippen LogP contribution in [0.1, 0.15) is 20.8 Å². The molecule has 1 aromatic carbocycles. The number of ether oxygens (including phenoxy) is 2. The van der Waals surface area contributed by atoms with Crippen molar-refractivity contribution in [1.29, 1.82) is 0 Å². The summed E-state index contributed by atoms with van der Waals surface area (Å²) in [4.78, 5) is 11.8. The van der Waals surface area contributed by atoms with E-state index in [4.69, 9.17) is 21.1 Å². The molecule has 0 radical (unpaired) electrons. The molecule has 3 nitrogen and oxygen atoms in total. The molecule has 0 N–H and O–H groups in total. The highest BCUT2D eigenvalue weighted by Gasteiger charge is 2.23. The van der Waals surface area contributed by atoms with Crippen molar-refractivity contribution in [1.82, 2.24) is 0 Å². The second kappa shape index (κ2) is 7.07. The third-order valence-corrected chi connectivity index (χ3v) is 2.65. The predicted octanol–water partition coefficient (Wildman–Crippen LogP) is 3.62. The highest BCUT2D eigenvalue weighted by Crippen LogP contribution is 2.20. The number of benzene rings is 1. The SMILES string of the molecule is CC=C(C)C(Oc1cccc(Cl)c1)C(=O)OCC.